The molecular weight excluding hydrogens is 308 g/mol. The predicted octanol–water partition coefficient (Wildman–Crippen LogP) is 2.29. The summed E-state index contributed by atoms with van der Waals surface area (Å²) in [6, 6.07) is 7.49. The van der Waals surface area contributed by atoms with Crippen LogP contribution < -0.4 is 10.1 Å². The van der Waals surface area contributed by atoms with Gasteiger partial charge in [-0.05, 0) is 37.1 Å². The van der Waals surface area contributed by atoms with E-state index in [-0.39, 0.29) is 17.9 Å². The Morgan fingerprint density at radius 3 is 2.50 bits per heavy atom. The lowest BCUT2D eigenvalue weighted by Crippen LogP contribution is -2.26. The summed E-state index contributed by atoms with van der Waals surface area (Å²) < 4.78 is 7.06. The van der Waals surface area contributed by atoms with E-state index in [0.29, 0.717) is 24.4 Å². The van der Waals surface area contributed by atoms with E-state index in [2.05, 4.69) is 5.32 Å². The maximum Gasteiger partial charge on any atom is 0.337 e. The van der Waals surface area contributed by atoms with Gasteiger partial charge in [0.2, 0.25) is 5.91 Å². The molecular formula is C18H22N2O4. The highest BCUT2D eigenvalue weighted by Crippen LogP contribution is 2.17. The zero-order chi connectivity index (χ0) is 17.7. The predicted molar refractivity (Wildman–Crippen MR) is 90.3 cm³/mol. The average molecular weight is 330 g/mol. The van der Waals surface area contributed by atoms with Gasteiger partial charge in [-0.25, -0.2) is 4.79 Å². The molecule has 0 unspecified atom stereocenters. The van der Waals surface area contributed by atoms with Crippen LogP contribution in [0.4, 0.5) is 0 Å². The molecule has 0 radical (unpaired) electrons. The Balaban J connectivity index is 1.98. The molecule has 6 heteroatoms. The molecule has 6 nitrogen and oxygen atoms in total. The van der Waals surface area contributed by atoms with Crippen molar-refractivity contribution in [2.24, 2.45) is 7.05 Å². The zero-order valence-electron chi connectivity index (χ0n) is 14.1. The quantitative estimate of drug-likeness (QED) is 0.816. The second-order valence-corrected chi connectivity index (χ2v) is 5.58. The Labute approximate surface area is 141 Å². The van der Waals surface area contributed by atoms with Crippen molar-refractivity contribution in [2.75, 3.05) is 6.61 Å². The smallest absolute Gasteiger partial charge is 0.337 e. The summed E-state index contributed by atoms with van der Waals surface area (Å²) in [5, 5.41) is 12.1. The fourth-order valence-electron chi connectivity index (χ4n) is 2.63. The van der Waals surface area contributed by atoms with E-state index in [1.165, 1.54) is 0 Å². The lowest BCUT2D eigenvalue weighted by molar-refractivity contribution is -0.120. The number of carboxylic acids is 1. The maximum absolute atomic E-state index is 12.1. The standard InChI is InChI=1S/C18H22N2O4/c1-4-24-14-7-5-13(6-8-14)10-19-16(21)9-15-17(18(22)23)12(2)11-20(15)3/h5-8,11H,4,9-10H2,1-3H3,(H,19,21)(H,22,23). The maximum atomic E-state index is 12.1. The van der Waals surface area contributed by atoms with Crippen LogP contribution >= 0.6 is 0 Å². The monoisotopic (exact) mass is 330 g/mol. The van der Waals surface area contributed by atoms with E-state index in [4.69, 9.17) is 4.74 Å². The fourth-order valence-corrected chi connectivity index (χ4v) is 2.63. The number of benzene rings is 1. The summed E-state index contributed by atoms with van der Waals surface area (Å²) >= 11 is 0. The third-order valence-corrected chi connectivity index (χ3v) is 3.76. The molecule has 2 aromatic rings. The van der Waals surface area contributed by atoms with E-state index in [1.54, 1.807) is 24.7 Å². The number of nitrogens with zero attached hydrogens (tertiary/aromatic N) is 1. The molecule has 0 spiro atoms. The molecule has 0 atom stereocenters. The van der Waals surface area contributed by atoms with Crippen LogP contribution in [0, 0.1) is 6.92 Å². The van der Waals surface area contributed by atoms with Gasteiger partial charge in [-0.15, -0.1) is 0 Å². The second kappa shape index (κ2) is 7.68. The number of rotatable bonds is 7. The van der Waals surface area contributed by atoms with Crippen molar-refractivity contribution in [1.29, 1.82) is 0 Å². The third kappa shape index (κ3) is 4.16. The molecule has 0 bridgehead atoms. The number of hydrogen-bond donors (Lipinski definition) is 2. The molecule has 1 heterocycles. The minimum Gasteiger partial charge on any atom is -0.494 e. The highest BCUT2D eigenvalue weighted by Gasteiger charge is 2.19. The Hall–Kier alpha value is -2.76. The largest absolute Gasteiger partial charge is 0.494 e. The summed E-state index contributed by atoms with van der Waals surface area (Å²) in [6.07, 6.45) is 1.75. The molecule has 2 N–H and O–H groups in total. The number of amides is 1. The van der Waals surface area contributed by atoms with Crippen LogP contribution in [0.25, 0.3) is 0 Å². The molecule has 1 amide bonds. The number of ether oxygens (including phenoxy) is 1. The molecule has 0 saturated heterocycles. The molecule has 0 aliphatic heterocycles. The highest BCUT2D eigenvalue weighted by molar-refractivity contribution is 5.93. The van der Waals surface area contributed by atoms with Crippen LogP contribution in [-0.2, 0) is 24.8 Å². The molecule has 2 rings (SSSR count). The molecule has 24 heavy (non-hydrogen) atoms. The normalized spacial score (nSPS) is 10.5. The fraction of sp³-hybridized carbons (Fsp3) is 0.333. The van der Waals surface area contributed by atoms with Gasteiger partial charge in [-0.3, -0.25) is 4.79 Å². The number of carbonyl (C=O) groups is 2. The Morgan fingerprint density at radius 1 is 1.25 bits per heavy atom. The van der Waals surface area contributed by atoms with Crippen molar-refractivity contribution >= 4 is 11.9 Å². The molecule has 0 aliphatic carbocycles. The molecule has 1 aromatic carbocycles. The number of carbonyl (C=O) groups excluding carboxylic acids is 1. The first-order valence-electron chi connectivity index (χ1n) is 7.79. The van der Waals surface area contributed by atoms with Crippen LogP contribution in [0.15, 0.2) is 30.5 Å². The highest BCUT2D eigenvalue weighted by atomic mass is 16.5. The van der Waals surface area contributed by atoms with Gasteiger partial charge >= 0.3 is 5.97 Å². The van der Waals surface area contributed by atoms with Gasteiger partial charge in [0.1, 0.15) is 5.75 Å². The molecule has 1 aromatic heterocycles. The van der Waals surface area contributed by atoms with Gasteiger partial charge in [-0.2, -0.15) is 0 Å². The van der Waals surface area contributed by atoms with Crippen LogP contribution in [0.3, 0.4) is 0 Å². The second-order valence-electron chi connectivity index (χ2n) is 5.58. The van der Waals surface area contributed by atoms with Gasteiger partial charge in [0.15, 0.2) is 0 Å². The van der Waals surface area contributed by atoms with Gasteiger partial charge in [-0.1, -0.05) is 12.1 Å². The lowest BCUT2D eigenvalue weighted by Gasteiger charge is -2.09. The molecule has 128 valence electrons. The van der Waals surface area contributed by atoms with Crippen molar-refractivity contribution in [3.63, 3.8) is 0 Å². The molecule has 0 saturated carbocycles. The summed E-state index contributed by atoms with van der Waals surface area (Å²) in [6.45, 7) is 4.64. The Morgan fingerprint density at radius 2 is 1.92 bits per heavy atom. The van der Waals surface area contributed by atoms with Crippen molar-refractivity contribution in [2.45, 2.75) is 26.8 Å². The van der Waals surface area contributed by atoms with Crippen LogP contribution in [0.5, 0.6) is 5.75 Å². The SMILES string of the molecule is CCOc1ccc(CNC(=O)Cc2c(C(=O)O)c(C)cn2C)cc1. The number of aryl methyl sites for hydroxylation is 2. The minimum absolute atomic E-state index is 0.0308. The van der Waals surface area contributed by atoms with E-state index in [0.717, 1.165) is 11.3 Å². The molecule has 0 fully saturated rings. The van der Waals surface area contributed by atoms with Gasteiger partial charge in [0.05, 0.1) is 18.6 Å². The van der Waals surface area contributed by atoms with E-state index in [1.807, 2.05) is 31.2 Å². The van der Waals surface area contributed by atoms with Crippen molar-refractivity contribution in [3.05, 3.63) is 52.8 Å². The van der Waals surface area contributed by atoms with Crippen LogP contribution in [0.1, 0.15) is 34.1 Å². The first kappa shape index (κ1) is 17.6. The van der Waals surface area contributed by atoms with E-state index >= 15 is 0 Å². The topological polar surface area (TPSA) is 80.6 Å². The third-order valence-electron chi connectivity index (χ3n) is 3.76. The van der Waals surface area contributed by atoms with E-state index < -0.39 is 5.97 Å². The average Bonchev–Trinajstić information content (AvgIpc) is 2.81. The number of aromatic carboxylic acids is 1. The molecule has 0 aliphatic rings. The Kier molecular flexibility index (Phi) is 5.63. The summed E-state index contributed by atoms with van der Waals surface area (Å²) in [5.41, 5.74) is 2.31. The van der Waals surface area contributed by atoms with Crippen LogP contribution in [-0.4, -0.2) is 28.2 Å². The van der Waals surface area contributed by atoms with Crippen LogP contribution in [0.2, 0.25) is 0 Å². The number of hydrogen-bond acceptors (Lipinski definition) is 3. The first-order chi connectivity index (χ1) is 11.4. The number of aromatic nitrogens is 1. The Bertz CT molecular complexity index is 732. The van der Waals surface area contributed by atoms with Crippen molar-refractivity contribution < 1.29 is 19.4 Å². The lowest BCUT2D eigenvalue weighted by atomic mass is 10.1. The van der Waals surface area contributed by atoms with Gasteiger partial charge in [0.25, 0.3) is 0 Å². The van der Waals surface area contributed by atoms with E-state index in [9.17, 15) is 14.7 Å². The minimum atomic E-state index is -1.01. The summed E-state index contributed by atoms with van der Waals surface area (Å²) in [7, 11) is 1.74. The van der Waals surface area contributed by atoms with Crippen molar-refractivity contribution in [3.8, 4) is 5.75 Å². The summed E-state index contributed by atoms with van der Waals surface area (Å²) in [4.78, 5) is 23.5. The first-order valence-corrected chi connectivity index (χ1v) is 7.79. The van der Waals surface area contributed by atoms with Gasteiger partial charge < -0.3 is 19.7 Å². The zero-order valence-corrected chi connectivity index (χ0v) is 14.1. The number of nitrogens with one attached hydrogen (secondary N) is 1. The van der Waals surface area contributed by atoms with Crippen molar-refractivity contribution in [1.82, 2.24) is 9.88 Å². The number of carboxylic acid groups (broad SMARTS) is 1. The summed E-state index contributed by atoms with van der Waals surface area (Å²) in [5.74, 6) is -0.437. The van der Waals surface area contributed by atoms with Gasteiger partial charge in [0, 0.05) is 25.5 Å².